The molecule has 8 heteroatoms. The minimum atomic E-state index is -0.000739. The van der Waals surface area contributed by atoms with Crippen molar-refractivity contribution in [1.29, 1.82) is 0 Å². The number of ether oxygens (including phenoxy) is 1. The van der Waals surface area contributed by atoms with E-state index in [0.717, 1.165) is 40.2 Å². The van der Waals surface area contributed by atoms with Gasteiger partial charge in [-0.2, -0.15) is 10.2 Å². The summed E-state index contributed by atoms with van der Waals surface area (Å²) in [5.41, 5.74) is 6.92. The van der Waals surface area contributed by atoms with Crippen molar-refractivity contribution in [3.8, 4) is 16.8 Å². The molecule has 7 nitrogen and oxygen atoms in total. The molecule has 1 saturated heterocycles. The second kappa shape index (κ2) is 8.60. The normalized spacial score (nSPS) is 19.8. The van der Waals surface area contributed by atoms with Crippen molar-refractivity contribution in [3.63, 3.8) is 0 Å². The van der Waals surface area contributed by atoms with Gasteiger partial charge in [-0.15, -0.1) is 11.8 Å². The van der Waals surface area contributed by atoms with Gasteiger partial charge >= 0.3 is 0 Å². The molecule has 34 heavy (non-hydrogen) atoms. The van der Waals surface area contributed by atoms with E-state index in [9.17, 15) is 4.79 Å². The Morgan fingerprint density at radius 1 is 1.21 bits per heavy atom. The van der Waals surface area contributed by atoms with Gasteiger partial charge < -0.3 is 9.64 Å². The summed E-state index contributed by atoms with van der Waals surface area (Å²) in [6.45, 7) is 4.64. The first-order chi connectivity index (χ1) is 16.6. The minimum absolute atomic E-state index is 0.000739. The monoisotopic (exact) mass is 473 g/mol. The Morgan fingerprint density at radius 3 is 2.85 bits per heavy atom. The van der Waals surface area contributed by atoms with E-state index in [4.69, 9.17) is 9.84 Å². The third-order valence-corrected chi connectivity index (χ3v) is 8.09. The number of aromatic nitrogens is 4. The van der Waals surface area contributed by atoms with E-state index in [1.807, 2.05) is 46.9 Å². The van der Waals surface area contributed by atoms with Gasteiger partial charge in [0.25, 0.3) is 5.91 Å². The highest BCUT2D eigenvalue weighted by molar-refractivity contribution is 8.02. The lowest BCUT2D eigenvalue weighted by molar-refractivity contribution is 0.0298. The molecule has 0 saturated carbocycles. The number of carbonyl (C=O) groups is 1. The largest absolute Gasteiger partial charge is 0.378 e. The summed E-state index contributed by atoms with van der Waals surface area (Å²) in [7, 11) is 1.92. The number of rotatable bonds is 3. The third-order valence-electron chi connectivity index (χ3n) is 6.73. The number of amides is 1. The second-order valence-electron chi connectivity index (χ2n) is 9.05. The van der Waals surface area contributed by atoms with Gasteiger partial charge in [-0.25, -0.2) is 4.68 Å². The van der Waals surface area contributed by atoms with Crippen LogP contribution in [0.25, 0.3) is 22.4 Å². The summed E-state index contributed by atoms with van der Waals surface area (Å²) in [6, 6.07) is 8.32. The van der Waals surface area contributed by atoms with Crippen LogP contribution in [0.3, 0.4) is 0 Å². The maximum absolute atomic E-state index is 13.6. The van der Waals surface area contributed by atoms with Gasteiger partial charge in [-0.3, -0.25) is 9.48 Å². The maximum Gasteiger partial charge on any atom is 0.274 e. The summed E-state index contributed by atoms with van der Waals surface area (Å²) in [5, 5.41) is 9.30. The maximum atomic E-state index is 13.6. The van der Waals surface area contributed by atoms with E-state index in [-0.39, 0.29) is 5.91 Å². The first kappa shape index (κ1) is 21.4. The van der Waals surface area contributed by atoms with Crippen molar-refractivity contribution in [1.82, 2.24) is 24.5 Å². The van der Waals surface area contributed by atoms with Crippen LogP contribution in [0, 0.1) is 5.92 Å². The molecule has 6 rings (SSSR count). The molecule has 2 aliphatic heterocycles. The predicted molar refractivity (Wildman–Crippen MR) is 134 cm³/mol. The highest BCUT2D eigenvalue weighted by Crippen LogP contribution is 2.47. The molecule has 1 aliphatic carbocycles. The number of allylic oxidation sites excluding steroid dienone is 4. The van der Waals surface area contributed by atoms with E-state index in [1.165, 1.54) is 10.5 Å². The second-order valence-corrected chi connectivity index (χ2v) is 10.1. The predicted octanol–water partition coefficient (Wildman–Crippen LogP) is 4.30. The Kier molecular flexibility index (Phi) is 5.42. The number of nitrogens with zero attached hydrogens (tertiary/aromatic N) is 5. The Hall–Kier alpha value is -3.10. The topological polar surface area (TPSA) is 65.2 Å². The molecule has 174 valence electrons. The van der Waals surface area contributed by atoms with Gasteiger partial charge in [0.1, 0.15) is 0 Å². The zero-order chi connectivity index (χ0) is 23.2. The molecule has 1 atom stereocenters. The smallest absolute Gasteiger partial charge is 0.274 e. The molecule has 1 unspecified atom stereocenters. The number of aryl methyl sites for hydroxylation is 1. The van der Waals surface area contributed by atoms with Gasteiger partial charge in [0.2, 0.25) is 0 Å². The van der Waals surface area contributed by atoms with Crippen molar-refractivity contribution in [2.24, 2.45) is 13.0 Å². The Labute approximate surface area is 203 Å². The van der Waals surface area contributed by atoms with Crippen molar-refractivity contribution in [2.75, 3.05) is 26.3 Å². The lowest BCUT2D eigenvalue weighted by Crippen LogP contribution is -2.41. The molecule has 4 heterocycles. The molecule has 1 fully saturated rings. The van der Waals surface area contributed by atoms with Gasteiger partial charge in [-0.1, -0.05) is 31.2 Å². The number of hydrogen-bond donors (Lipinski definition) is 0. The summed E-state index contributed by atoms with van der Waals surface area (Å²) in [5.74, 6) is 1.24. The Balaban J connectivity index is 1.51. The van der Waals surface area contributed by atoms with Gasteiger partial charge in [-0.05, 0) is 34.9 Å². The van der Waals surface area contributed by atoms with Crippen molar-refractivity contribution in [2.45, 2.75) is 19.1 Å². The van der Waals surface area contributed by atoms with Crippen LogP contribution in [0.5, 0.6) is 0 Å². The molecule has 2 aromatic heterocycles. The fraction of sp³-hybridized carbons (Fsp3) is 0.346. The molecule has 1 aromatic carbocycles. The Bertz CT molecular complexity index is 1330. The average Bonchev–Trinajstić information content (AvgIpc) is 3.49. The third kappa shape index (κ3) is 3.61. The van der Waals surface area contributed by atoms with E-state index >= 15 is 0 Å². The molecule has 1 amide bonds. The fourth-order valence-corrected chi connectivity index (χ4v) is 6.21. The van der Waals surface area contributed by atoms with Crippen molar-refractivity contribution < 1.29 is 9.53 Å². The van der Waals surface area contributed by atoms with Crippen LogP contribution in [0.4, 0.5) is 0 Å². The van der Waals surface area contributed by atoms with Crippen LogP contribution < -0.4 is 0 Å². The number of carbonyl (C=O) groups excluding carboxylic acids is 1. The molecule has 0 N–H and O–H groups in total. The van der Waals surface area contributed by atoms with Crippen molar-refractivity contribution >= 4 is 23.2 Å². The average molecular weight is 474 g/mol. The number of morpholine rings is 1. The molecule has 3 aliphatic rings. The van der Waals surface area contributed by atoms with Gasteiger partial charge in [0.05, 0.1) is 30.8 Å². The number of benzene rings is 1. The van der Waals surface area contributed by atoms with E-state index < -0.39 is 0 Å². The zero-order valence-electron chi connectivity index (χ0n) is 19.4. The van der Waals surface area contributed by atoms with Crippen LogP contribution in [0.15, 0.2) is 53.7 Å². The van der Waals surface area contributed by atoms with E-state index in [0.29, 0.717) is 37.9 Å². The standard InChI is InChI=1S/C26H27N5O2S/c1-17-5-3-8-21-24-22(16-34-25(17)21)23(26(32)30-9-11-33-12-10-30)28-31(24)20-7-4-6-18(13-20)19-14-27-29(2)15-19/h3-4,6-8,13-15,17H,5,9-12,16H2,1-2H3. The number of hydrogen-bond acceptors (Lipinski definition) is 5. The summed E-state index contributed by atoms with van der Waals surface area (Å²) >= 11 is 1.86. The van der Waals surface area contributed by atoms with Crippen LogP contribution in [-0.2, 0) is 17.5 Å². The molecule has 0 bridgehead atoms. The molecule has 0 radical (unpaired) electrons. The highest BCUT2D eigenvalue weighted by Gasteiger charge is 2.34. The van der Waals surface area contributed by atoms with Crippen LogP contribution in [0.1, 0.15) is 35.1 Å². The molecular weight excluding hydrogens is 446 g/mol. The summed E-state index contributed by atoms with van der Waals surface area (Å²) in [4.78, 5) is 16.8. The first-order valence-corrected chi connectivity index (χ1v) is 12.7. The van der Waals surface area contributed by atoms with Gasteiger partial charge in [0, 0.05) is 48.8 Å². The SMILES string of the molecule is CC1CC=CC2=C1SCc1c(C(=O)N3CCOCC3)nn(-c3cccc(-c4cnn(C)c4)c3)c12. The lowest BCUT2D eigenvalue weighted by Gasteiger charge is -2.28. The Morgan fingerprint density at radius 2 is 2.06 bits per heavy atom. The van der Waals surface area contributed by atoms with E-state index in [2.05, 4.69) is 42.4 Å². The van der Waals surface area contributed by atoms with Gasteiger partial charge in [0.15, 0.2) is 5.69 Å². The number of fused-ring (bicyclic) bond motifs is 2. The minimum Gasteiger partial charge on any atom is -0.378 e. The summed E-state index contributed by atoms with van der Waals surface area (Å²) < 4.78 is 9.26. The fourth-order valence-electron chi connectivity index (χ4n) is 4.94. The van der Waals surface area contributed by atoms with Crippen LogP contribution >= 0.6 is 11.8 Å². The summed E-state index contributed by atoms with van der Waals surface area (Å²) in [6.07, 6.45) is 9.38. The number of thioether (sulfide) groups is 1. The highest BCUT2D eigenvalue weighted by atomic mass is 32.2. The van der Waals surface area contributed by atoms with Crippen LogP contribution in [-0.4, -0.2) is 56.7 Å². The van der Waals surface area contributed by atoms with Crippen LogP contribution in [0.2, 0.25) is 0 Å². The lowest BCUT2D eigenvalue weighted by atomic mass is 9.93. The molecular formula is C26H27N5O2S. The van der Waals surface area contributed by atoms with E-state index in [1.54, 1.807) is 4.68 Å². The molecule has 0 spiro atoms. The van der Waals surface area contributed by atoms with Crippen molar-refractivity contribution in [3.05, 3.63) is 70.7 Å². The zero-order valence-corrected chi connectivity index (χ0v) is 20.2. The molecule has 3 aromatic rings. The first-order valence-electron chi connectivity index (χ1n) is 11.7. The quantitative estimate of drug-likeness (QED) is 0.568.